The molecule has 0 radical (unpaired) electrons. The van der Waals surface area contributed by atoms with Crippen LogP contribution in [0.4, 0.5) is 22.7 Å². The lowest BCUT2D eigenvalue weighted by Crippen LogP contribution is -2.03. The molecule has 2 aromatic carbocycles. The molecule has 0 fully saturated rings. The number of carbonyl (C=O) groups is 1. The summed E-state index contributed by atoms with van der Waals surface area (Å²) < 4.78 is 5.18. The lowest BCUT2D eigenvalue weighted by molar-refractivity contribution is -0.115. The van der Waals surface area contributed by atoms with Gasteiger partial charge in [-0.1, -0.05) is 11.6 Å². The second kappa shape index (κ2) is 5.18. The summed E-state index contributed by atoms with van der Waals surface area (Å²) in [6.45, 7) is 0. The zero-order valence-electron chi connectivity index (χ0n) is 11.4. The molecule has 0 aromatic heterocycles. The van der Waals surface area contributed by atoms with Crippen molar-refractivity contribution >= 4 is 40.3 Å². The second-order valence-corrected chi connectivity index (χ2v) is 5.20. The third-order valence-corrected chi connectivity index (χ3v) is 3.67. The van der Waals surface area contributed by atoms with Crippen LogP contribution in [0.25, 0.3) is 0 Å². The SMILES string of the molecule is COc1ccc(Cl)c(Nc2cc3c(cc2N)CC(=O)N3)c1. The highest BCUT2D eigenvalue weighted by molar-refractivity contribution is 6.33. The average Bonchev–Trinajstić information content (AvgIpc) is 2.80. The predicted octanol–water partition coefficient (Wildman–Crippen LogP) is 3.17. The minimum Gasteiger partial charge on any atom is -0.497 e. The topological polar surface area (TPSA) is 76.4 Å². The monoisotopic (exact) mass is 303 g/mol. The van der Waals surface area contributed by atoms with E-state index in [9.17, 15) is 4.79 Å². The van der Waals surface area contributed by atoms with Crippen LogP contribution in [-0.2, 0) is 11.2 Å². The third-order valence-electron chi connectivity index (χ3n) is 3.34. The van der Waals surface area contributed by atoms with Gasteiger partial charge >= 0.3 is 0 Å². The Morgan fingerprint density at radius 1 is 1.29 bits per heavy atom. The molecule has 4 N–H and O–H groups in total. The molecule has 1 heterocycles. The molecule has 0 atom stereocenters. The molecule has 0 saturated heterocycles. The fourth-order valence-corrected chi connectivity index (χ4v) is 2.44. The maximum atomic E-state index is 11.4. The molecule has 0 saturated carbocycles. The van der Waals surface area contributed by atoms with Crippen LogP contribution in [0, 0.1) is 0 Å². The van der Waals surface area contributed by atoms with Gasteiger partial charge in [-0.15, -0.1) is 0 Å². The van der Waals surface area contributed by atoms with Crippen molar-refractivity contribution in [1.29, 1.82) is 0 Å². The van der Waals surface area contributed by atoms with E-state index in [2.05, 4.69) is 10.6 Å². The molecule has 0 bridgehead atoms. The summed E-state index contributed by atoms with van der Waals surface area (Å²) in [5, 5.41) is 6.52. The van der Waals surface area contributed by atoms with Crippen molar-refractivity contribution in [3.63, 3.8) is 0 Å². The van der Waals surface area contributed by atoms with Crippen LogP contribution < -0.4 is 21.1 Å². The molecule has 5 nitrogen and oxygen atoms in total. The number of fused-ring (bicyclic) bond motifs is 1. The van der Waals surface area contributed by atoms with Crippen LogP contribution in [0.2, 0.25) is 5.02 Å². The number of benzene rings is 2. The van der Waals surface area contributed by atoms with Crippen LogP contribution in [0.1, 0.15) is 5.56 Å². The molecule has 0 aliphatic carbocycles. The highest BCUT2D eigenvalue weighted by Crippen LogP contribution is 2.35. The van der Waals surface area contributed by atoms with E-state index in [-0.39, 0.29) is 5.91 Å². The Hall–Kier alpha value is -2.40. The summed E-state index contributed by atoms with van der Waals surface area (Å²) >= 11 is 6.17. The zero-order chi connectivity index (χ0) is 15.0. The number of methoxy groups -OCH3 is 1. The van der Waals surface area contributed by atoms with Gasteiger partial charge < -0.3 is 21.1 Å². The van der Waals surface area contributed by atoms with Gasteiger partial charge in [-0.05, 0) is 29.8 Å². The lowest BCUT2D eigenvalue weighted by Gasteiger charge is -2.13. The molecule has 0 spiro atoms. The fourth-order valence-electron chi connectivity index (χ4n) is 2.27. The molecule has 0 unspecified atom stereocenters. The molecule has 108 valence electrons. The van der Waals surface area contributed by atoms with Crippen LogP contribution >= 0.6 is 11.6 Å². The predicted molar refractivity (Wildman–Crippen MR) is 84.5 cm³/mol. The Labute approximate surface area is 127 Å². The number of hydrogen-bond acceptors (Lipinski definition) is 4. The minimum atomic E-state index is -0.0269. The molecule has 2 aromatic rings. The normalized spacial score (nSPS) is 12.8. The fraction of sp³-hybridized carbons (Fsp3) is 0.133. The van der Waals surface area contributed by atoms with Crippen LogP contribution in [0.15, 0.2) is 30.3 Å². The summed E-state index contributed by atoms with van der Waals surface area (Å²) in [6.07, 6.45) is 0.361. The van der Waals surface area contributed by atoms with Crippen molar-refractivity contribution in [2.75, 3.05) is 23.5 Å². The molecule has 1 amide bonds. The highest BCUT2D eigenvalue weighted by Gasteiger charge is 2.19. The largest absolute Gasteiger partial charge is 0.497 e. The standard InChI is InChI=1S/C15H14ClN3O2/c1-21-9-2-3-10(16)13(6-9)18-14-7-12-8(4-11(14)17)5-15(20)19-12/h2-4,6-7,18H,5,17H2,1H3,(H,19,20). The third kappa shape index (κ3) is 2.60. The van der Waals surface area contributed by atoms with Crippen molar-refractivity contribution in [3.05, 3.63) is 40.9 Å². The molecule has 6 heteroatoms. The van der Waals surface area contributed by atoms with Crippen LogP contribution in [-0.4, -0.2) is 13.0 Å². The van der Waals surface area contributed by atoms with Gasteiger partial charge in [-0.2, -0.15) is 0 Å². The Balaban J connectivity index is 1.96. The van der Waals surface area contributed by atoms with E-state index in [1.54, 1.807) is 31.4 Å². The number of rotatable bonds is 3. The van der Waals surface area contributed by atoms with E-state index in [0.717, 1.165) is 11.3 Å². The van der Waals surface area contributed by atoms with Crippen molar-refractivity contribution in [2.45, 2.75) is 6.42 Å². The van der Waals surface area contributed by atoms with E-state index >= 15 is 0 Å². The zero-order valence-corrected chi connectivity index (χ0v) is 12.1. The number of carbonyl (C=O) groups excluding carboxylic acids is 1. The minimum absolute atomic E-state index is 0.0269. The number of nitrogen functional groups attached to an aromatic ring is 1. The van der Waals surface area contributed by atoms with Gasteiger partial charge in [-0.3, -0.25) is 4.79 Å². The molecule has 3 rings (SSSR count). The maximum Gasteiger partial charge on any atom is 0.228 e. The Morgan fingerprint density at radius 3 is 2.86 bits per heavy atom. The number of hydrogen-bond donors (Lipinski definition) is 3. The van der Waals surface area contributed by atoms with E-state index < -0.39 is 0 Å². The summed E-state index contributed by atoms with van der Waals surface area (Å²) in [4.78, 5) is 11.4. The average molecular weight is 304 g/mol. The van der Waals surface area contributed by atoms with Gasteiger partial charge in [0.1, 0.15) is 5.75 Å². The first kappa shape index (κ1) is 13.6. The summed E-state index contributed by atoms with van der Waals surface area (Å²) in [6, 6.07) is 8.91. The molecular formula is C15H14ClN3O2. The molecule has 21 heavy (non-hydrogen) atoms. The van der Waals surface area contributed by atoms with Crippen LogP contribution in [0.3, 0.4) is 0 Å². The second-order valence-electron chi connectivity index (χ2n) is 4.79. The highest BCUT2D eigenvalue weighted by atomic mass is 35.5. The summed E-state index contributed by atoms with van der Waals surface area (Å²) in [7, 11) is 1.59. The van der Waals surface area contributed by atoms with Gasteiger partial charge in [-0.25, -0.2) is 0 Å². The molecule has 1 aliphatic rings. The maximum absolute atomic E-state index is 11.4. The van der Waals surface area contributed by atoms with Crippen molar-refractivity contribution in [2.24, 2.45) is 0 Å². The molecule has 1 aliphatic heterocycles. The van der Waals surface area contributed by atoms with E-state index in [4.69, 9.17) is 22.1 Å². The number of amides is 1. The summed E-state index contributed by atoms with van der Waals surface area (Å²) in [5.74, 6) is 0.663. The van der Waals surface area contributed by atoms with E-state index in [1.165, 1.54) is 0 Å². The van der Waals surface area contributed by atoms with Crippen molar-refractivity contribution < 1.29 is 9.53 Å². The van der Waals surface area contributed by atoms with E-state index in [1.807, 2.05) is 6.07 Å². The van der Waals surface area contributed by atoms with Gasteiger partial charge in [0.05, 0.1) is 35.6 Å². The number of nitrogens with two attached hydrogens (primary N) is 1. The van der Waals surface area contributed by atoms with Crippen LogP contribution in [0.5, 0.6) is 5.75 Å². The van der Waals surface area contributed by atoms with Gasteiger partial charge in [0, 0.05) is 11.8 Å². The number of halogens is 1. The number of ether oxygens (including phenoxy) is 1. The number of anilines is 4. The van der Waals surface area contributed by atoms with E-state index in [0.29, 0.717) is 34.3 Å². The van der Waals surface area contributed by atoms with Crippen molar-refractivity contribution in [3.8, 4) is 5.75 Å². The van der Waals surface area contributed by atoms with Gasteiger partial charge in [0.2, 0.25) is 5.91 Å². The Morgan fingerprint density at radius 2 is 2.10 bits per heavy atom. The summed E-state index contributed by atoms with van der Waals surface area (Å²) in [5.41, 5.74) is 9.64. The van der Waals surface area contributed by atoms with Crippen molar-refractivity contribution in [1.82, 2.24) is 0 Å². The van der Waals surface area contributed by atoms with Gasteiger partial charge in [0.25, 0.3) is 0 Å². The van der Waals surface area contributed by atoms with Gasteiger partial charge in [0.15, 0.2) is 0 Å². The molecular weight excluding hydrogens is 290 g/mol. The first-order chi connectivity index (χ1) is 10.1. The smallest absolute Gasteiger partial charge is 0.228 e. The first-order valence-electron chi connectivity index (χ1n) is 6.39. The Bertz CT molecular complexity index is 731. The quantitative estimate of drug-likeness (QED) is 0.761. The Kier molecular flexibility index (Phi) is 3.35. The first-order valence-corrected chi connectivity index (χ1v) is 6.77. The lowest BCUT2D eigenvalue weighted by atomic mass is 10.1. The number of nitrogens with one attached hydrogen (secondary N) is 2.